The fraction of sp³-hybridized carbons (Fsp3) is 0.667. The number of hydrogen-bond acceptors (Lipinski definition) is 4. The van der Waals surface area contributed by atoms with E-state index in [4.69, 9.17) is 4.74 Å². The minimum absolute atomic E-state index is 0.126. The Kier molecular flexibility index (Phi) is 10.5. The number of anilines is 1. The molecule has 0 aromatic heterocycles. The van der Waals surface area contributed by atoms with Crippen LogP contribution in [0.1, 0.15) is 78.4 Å². The first-order valence-electron chi connectivity index (χ1n) is 10.1. The summed E-state index contributed by atoms with van der Waals surface area (Å²) in [5, 5.41) is 13.2. The molecule has 1 rings (SSSR count). The highest BCUT2D eigenvalue weighted by molar-refractivity contribution is 7.87. The maximum atomic E-state index is 12.6. The predicted octanol–water partition coefficient (Wildman–Crippen LogP) is 4.68. The molecule has 6 nitrogen and oxygen atoms in total. The first-order valence-corrected chi connectivity index (χ1v) is 11.3. The van der Waals surface area contributed by atoms with Crippen LogP contribution >= 0.6 is 0 Å². The molecule has 3 N–H and O–H groups in total. The molecule has 0 saturated heterocycles. The molecule has 2 unspecified atom stereocenters. The van der Waals surface area contributed by atoms with Crippen LogP contribution in [0.2, 0.25) is 0 Å². The smallest absolute Gasteiger partial charge is 0.407 e. The summed E-state index contributed by atoms with van der Waals surface area (Å²) in [6.45, 7) is 9.90. The van der Waals surface area contributed by atoms with E-state index in [1.807, 2.05) is 24.3 Å². The van der Waals surface area contributed by atoms with Crippen LogP contribution in [0.5, 0.6) is 0 Å². The highest BCUT2D eigenvalue weighted by atomic mass is 32.2. The van der Waals surface area contributed by atoms with Crippen LogP contribution in [0.3, 0.4) is 0 Å². The number of rotatable bonds is 11. The topological polar surface area (TPSA) is 87.7 Å². The first kappa shape index (κ1) is 24.4. The fourth-order valence-corrected chi connectivity index (χ4v) is 4.23. The lowest BCUT2D eigenvalue weighted by atomic mass is 10.1. The average Bonchev–Trinajstić information content (AvgIpc) is 2.60. The van der Waals surface area contributed by atoms with Crippen LogP contribution in [0.4, 0.5) is 10.5 Å². The standard InChI is InChI=1S/C21H36N2O4S/c1-6-9-18(10-7-2)28(26)23-17-12-8-11-16(15-17)19(24)13-14-22-20(25)27-21(3,4)5/h8,11-12,15,18-19,23-24H,6-7,9-10,13-14H2,1-5H3,(H,22,25). The Morgan fingerprint density at radius 1 is 1.18 bits per heavy atom. The van der Waals surface area contributed by atoms with Crippen LogP contribution in [-0.4, -0.2) is 32.8 Å². The van der Waals surface area contributed by atoms with Gasteiger partial charge in [-0.3, -0.25) is 0 Å². The zero-order chi connectivity index (χ0) is 21.2. The Balaban J connectivity index is 2.59. The first-order chi connectivity index (χ1) is 13.2. The van der Waals surface area contributed by atoms with Crippen molar-refractivity contribution in [2.45, 2.75) is 83.7 Å². The predicted molar refractivity (Wildman–Crippen MR) is 116 cm³/mol. The van der Waals surface area contributed by atoms with Gasteiger partial charge in [-0.1, -0.05) is 38.8 Å². The van der Waals surface area contributed by atoms with Crippen molar-refractivity contribution in [1.82, 2.24) is 5.32 Å². The SMILES string of the molecule is CCCC(CCC)S(=O)Nc1cccc(C(O)CCNC(=O)OC(C)(C)C)c1. The molecule has 0 aliphatic carbocycles. The molecule has 0 saturated carbocycles. The lowest BCUT2D eigenvalue weighted by Crippen LogP contribution is -2.33. The number of ether oxygens (including phenoxy) is 1. The maximum Gasteiger partial charge on any atom is 0.407 e. The molecule has 0 fully saturated rings. The molecule has 2 atom stereocenters. The van der Waals surface area contributed by atoms with Gasteiger partial charge in [0.1, 0.15) is 16.6 Å². The Morgan fingerprint density at radius 3 is 2.39 bits per heavy atom. The summed E-state index contributed by atoms with van der Waals surface area (Å²) in [4.78, 5) is 11.7. The zero-order valence-corrected chi connectivity index (χ0v) is 18.6. The third kappa shape index (κ3) is 9.55. The lowest BCUT2D eigenvalue weighted by molar-refractivity contribution is 0.0518. The van der Waals surface area contributed by atoms with Crippen LogP contribution in [0.25, 0.3) is 0 Å². The number of nitrogens with one attached hydrogen (secondary N) is 2. The van der Waals surface area contributed by atoms with E-state index in [2.05, 4.69) is 23.9 Å². The number of carbonyl (C=O) groups excluding carboxylic acids is 1. The number of benzene rings is 1. The Hall–Kier alpha value is -1.60. The van der Waals surface area contributed by atoms with Crippen molar-refractivity contribution in [2.75, 3.05) is 11.3 Å². The summed E-state index contributed by atoms with van der Waals surface area (Å²) in [6, 6.07) is 7.31. The third-order valence-corrected chi connectivity index (χ3v) is 5.61. The molecule has 28 heavy (non-hydrogen) atoms. The van der Waals surface area contributed by atoms with Gasteiger partial charge >= 0.3 is 6.09 Å². The van der Waals surface area contributed by atoms with Gasteiger partial charge in [-0.2, -0.15) is 0 Å². The van der Waals surface area contributed by atoms with Crippen molar-refractivity contribution in [3.63, 3.8) is 0 Å². The van der Waals surface area contributed by atoms with Gasteiger partial charge in [-0.25, -0.2) is 9.00 Å². The Bertz CT molecular complexity index is 625. The number of alkyl carbamates (subject to hydrolysis) is 1. The van der Waals surface area contributed by atoms with Crippen LogP contribution in [-0.2, 0) is 15.7 Å². The second-order valence-corrected chi connectivity index (χ2v) is 9.42. The normalized spacial score (nSPS) is 13.8. The Labute approximate surface area is 172 Å². The maximum absolute atomic E-state index is 12.6. The summed E-state index contributed by atoms with van der Waals surface area (Å²) >= 11 is 0. The lowest BCUT2D eigenvalue weighted by Gasteiger charge is -2.20. The van der Waals surface area contributed by atoms with Gasteiger partial charge in [0.25, 0.3) is 0 Å². The van der Waals surface area contributed by atoms with Crippen LogP contribution in [0.15, 0.2) is 24.3 Å². The molecular formula is C21H36N2O4S. The molecule has 7 heteroatoms. The number of aliphatic hydroxyl groups is 1. The fourth-order valence-electron chi connectivity index (χ4n) is 2.80. The molecule has 1 aromatic carbocycles. The van der Waals surface area contributed by atoms with Crippen LogP contribution < -0.4 is 10.0 Å². The van der Waals surface area contributed by atoms with Crippen molar-refractivity contribution in [2.24, 2.45) is 0 Å². The molecule has 1 aromatic rings. The number of carbonyl (C=O) groups is 1. The van der Waals surface area contributed by atoms with Gasteiger partial charge in [0.05, 0.1) is 11.4 Å². The highest BCUT2D eigenvalue weighted by Gasteiger charge is 2.17. The minimum Gasteiger partial charge on any atom is -0.444 e. The summed E-state index contributed by atoms with van der Waals surface area (Å²) in [5.41, 5.74) is 0.897. The summed E-state index contributed by atoms with van der Waals surface area (Å²) in [5.74, 6) is 0. The van der Waals surface area contributed by atoms with E-state index >= 15 is 0 Å². The Morgan fingerprint density at radius 2 is 1.82 bits per heavy atom. The second-order valence-electron chi connectivity index (χ2n) is 7.96. The van der Waals surface area contributed by atoms with Gasteiger partial charge in [-0.05, 0) is 57.7 Å². The zero-order valence-electron chi connectivity index (χ0n) is 17.8. The van der Waals surface area contributed by atoms with Gasteiger partial charge in [-0.15, -0.1) is 0 Å². The third-order valence-electron chi connectivity index (χ3n) is 4.10. The molecule has 160 valence electrons. The second kappa shape index (κ2) is 12.1. The van der Waals surface area contributed by atoms with E-state index in [1.165, 1.54) is 0 Å². The van der Waals surface area contributed by atoms with E-state index in [9.17, 15) is 14.1 Å². The van der Waals surface area contributed by atoms with Gasteiger partial charge in [0, 0.05) is 12.2 Å². The van der Waals surface area contributed by atoms with Crippen molar-refractivity contribution < 1.29 is 18.8 Å². The molecule has 0 spiro atoms. The van der Waals surface area contributed by atoms with E-state index < -0.39 is 28.8 Å². The van der Waals surface area contributed by atoms with E-state index in [0.29, 0.717) is 13.0 Å². The molecule has 0 aliphatic rings. The van der Waals surface area contributed by atoms with Gasteiger partial charge < -0.3 is 19.9 Å². The molecule has 1 amide bonds. The summed E-state index contributed by atoms with van der Waals surface area (Å²) in [6.07, 6.45) is 2.98. The molecule has 0 aliphatic heterocycles. The largest absolute Gasteiger partial charge is 0.444 e. The van der Waals surface area contributed by atoms with E-state index in [1.54, 1.807) is 20.8 Å². The van der Waals surface area contributed by atoms with Crippen molar-refractivity contribution in [3.05, 3.63) is 29.8 Å². The van der Waals surface area contributed by atoms with E-state index in [0.717, 1.165) is 36.9 Å². The van der Waals surface area contributed by atoms with Crippen LogP contribution in [0, 0.1) is 0 Å². The molecule has 0 radical (unpaired) electrons. The molecule has 0 heterocycles. The van der Waals surface area contributed by atoms with E-state index in [-0.39, 0.29) is 5.25 Å². The molecular weight excluding hydrogens is 376 g/mol. The summed E-state index contributed by atoms with van der Waals surface area (Å²) in [7, 11) is -1.16. The average molecular weight is 413 g/mol. The molecule has 0 bridgehead atoms. The minimum atomic E-state index is -1.16. The highest BCUT2D eigenvalue weighted by Crippen LogP contribution is 2.22. The van der Waals surface area contributed by atoms with Crippen molar-refractivity contribution >= 4 is 22.8 Å². The summed E-state index contributed by atoms with van der Waals surface area (Å²) < 4.78 is 20.9. The quantitative estimate of drug-likeness (QED) is 0.492. The number of hydrogen-bond donors (Lipinski definition) is 3. The number of amides is 1. The number of aliphatic hydroxyl groups excluding tert-OH is 1. The van der Waals surface area contributed by atoms with Crippen molar-refractivity contribution in [1.29, 1.82) is 0 Å². The van der Waals surface area contributed by atoms with Crippen molar-refractivity contribution in [3.8, 4) is 0 Å². The monoisotopic (exact) mass is 412 g/mol. The van der Waals surface area contributed by atoms with Gasteiger partial charge in [0.2, 0.25) is 0 Å². The van der Waals surface area contributed by atoms with Gasteiger partial charge in [0.15, 0.2) is 0 Å².